The van der Waals surface area contributed by atoms with E-state index in [4.69, 9.17) is 4.74 Å². The minimum Gasteiger partial charge on any atom is -0.466 e. The number of esters is 1. The molecule has 0 spiro atoms. The van der Waals surface area contributed by atoms with Gasteiger partial charge in [0.2, 0.25) is 5.91 Å². The van der Waals surface area contributed by atoms with Crippen molar-refractivity contribution in [2.24, 2.45) is 0 Å². The second-order valence-corrected chi connectivity index (χ2v) is 21.0. The van der Waals surface area contributed by atoms with Crippen LogP contribution in [-0.2, 0) is 14.3 Å². The van der Waals surface area contributed by atoms with Gasteiger partial charge in [-0.25, -0.2) is 0 Å². The predicted molar refractivity (Wildman–Crippen MR) is 296 cm³/mol. The number of carbonyl (C=O) groups is 2. The molecular weight excluding hydrogens is 839 g/mol. The standard InChI is InChI=1S/C62H119NO5/c1-3-5-7-9-11-13-15-17-19-21-22-23-25-26-30-34-38-42-46-50-54-60(65)59(58-64)63-61(66)55-51-47-43-39-35-31-28-29-33-37-41-45-49-53-57-68-62(67)56-52-48-44-40-36-32-27-24-20-18-16-14-12-10-8-6-4-2/h18,20,50,54,59-60,64-65H,3-17,19,21-49,51-53,55-58H2,1-2H3,(H,63,66)/b20-18-,54-50+. The Labute approximate surface area is 424 Å². The molecule has 3 N–H and O–H groups in total. The number of rotatable bonds is 57. The maximum absolute atomic E-state index is 12.5. The molecule has 0 heterocycles. The predicted octanol–water partition coefficient (Wildman–Crippen LogP) is 19.0. The molecule has 0 bridgehead atoms. The average molecular weight is 959 g/mol. The monoisotopic (exact) mass is 958 g/mol. The highest BCUT2D eigenvalue weighted by Gasteiger charge is 2.18. The summed E-state index contributed by atoms with van der Waals surface area (Å²) in [5.41, 5.74) is 0. The smallest absolute Gasteiger partial charge is 0.305 e. The van der Waals surface area contributed by atoms with Crippen molar-refractivity contribution in [2.75, 3.05) is 13.2 Å². The van der Waals surface area contributed by atoms with Crippen LogP contribution in [0.5, 0.6) is 0 Å². The minimum absolute atomic E-state index is 0.00610. The molecule has 0 aromatic rings. The summed E-state index contributed by atoms with van der Waals surface area (Å²) in [5.74, 6) is -0.0818. The largest absolute Gasteiger partial charge is 0.466 e. The highest BCUT2D eigenvalue weighted by Crippen LogP contribution is 2.17. The van der Waals surface area contributed by atoms with E-state index < -0.39 is 12.1 Å². The molecule has 0 saturated carbocycles. The summed E-state index contributed by atoms with van der Waals surface area (Å²) in [4.78, 5) is 24.6. The number of carbonyl (C=O) groups excluding carboxylic acids is 2. The van der Waals surface area contributed by atoms with Gasteiger partial charge in [0.25, 0.3) is 0 Å². The summed E-state index contributed by atoms with van der Waals surface area (Å²) in [6.45, 7) is 4.90. The molecular formula is C62H119NO5. The minimum atomic E-state index is -0.852. The van der Waals surface area contributed by atoms with Crippen LogP contribution in [0.2, 0.25) is 0 Å². The lowest BCUT2D eigenvalue weighted by molar-refractivity contribution is -0.143. The third kappa shape index (κ3) is 53.7. The quantitative estimate of drug-likeness (QED) is 0.0321. The third-order valence-corrected chi connectivity index (χ3v) is 14.2. The molecule has 1 amide bonds. The Kier molecular flexibility index (Phi) is 56.5. The van der Waals surface area contributed by atoms with Gasteiger partial charge < -0.3 is 20.3 Å². The van der Waals surface area contributed by atoms with Crippen molar-refractivity contribution < 1.29 is 24.5 Å². The fourth-order valence-electron chi connectivity index (χ4n) is 9.51. The Morgan fingerprint density at radius 3 is 1.04 bits per heavy atom. The molecule has 0 aromatic heterocycles. The normalized spacial score (nSPS) is 12.7. The average Bonchev–Trinajstić information content (AvgIpc) is 3.34. The van der Waals surface area contributed by atoms with Crippen LogP contribution < -0.4 is 5.32 Å². The number of aliphatic hydroxyl groups excluding tert-OH is 2. The van der Waals surface area contributed by atoms with E-state index in [2.05, 4.69) is 31.3 Å². The first-order valence-electron chi connectivity index (χ1n) is 30.6. The van der Waals surface area contributed by atoms with Crippen LogP contribution in [0, 0.1) is 0 Å². The second kappa shape index (κ2) is 57.9. The lowest BCUT2D eigenvalue weighted by Gasteiger charge is -2.20. The Hall–Kier alpha value is -1.66. The molecule has 0 aromatic carbocycles. The molecule has 0 aliphatic rings. The molecule has 0 rings (SSSR count). The van der Waals surface area contributed by atoms with E-state index in [1.807, 2.05) is 6.08 Å². The zero-order valence-electron chi connectivity index (χ0n) is 45.9. The summed E-state index contributed by atoms with van der Waals surface area (Å²) in [7, 11) is 0. The Morgan fingerprint density at radius 2 is 0.691 bits per heavy atom. The maximum atomic E-state index is 12.5. The summed E-state index contributed by atoms with van der Waals surface area (Å²) in [5, 5.41) is 23.2. The van der Waals surface area contributed by atoms with E-state index in [1.165, 1.54) is 250 Å². The Balaban J connectivity index is 3.46. The first kappa shape index (κ1) is 66.3. The van der Waals surface area contributed by atoms with E-state index >= 15 is 0 Å². The van der Waals surface area contributed by atoms with Crippen LogP contribution >= 0.6 is 0 Å². The number of ether oxygens (including phenoxy) is 1. The second-order valence-electron chi connectivity index (χ2n) is 21.0. The molecule has 6 heteroatoms. The molecule has 0 saturated heterocycles. The van der Waals surface area contributed by atoms with Crippen molar-refractivity contribution in [3.63, 3.8) is 0 Å². The molecule has 0 radical (unpaired) electrons. The molecule has 68 heavy (non-hydrogen) atoms. The lowest BCUT2D eigenvalue weighted by atomic mass is 10.0. The number of unbranched alkanes of at least 4 members (excludes halogenated alkanes) is 44. The van der Waals surface area contributed by atoms with Gasteiger partial charge in [-0.1, -0.05) is 289 Å². The van der Waals surface area contributed by atoms with Gasteiger partial charge in [-0.15, -0.1) is 0 Å². The third-order valence-electron chi connectivity index (χ3n) is 14.2. The van der Waals surface area contributed by atoms with Crippen LogP contribution in [0.15, 0.2) is 24.3 Å². The molecule has 2 unspecified atom stereocenters. The van der Waals surface area contributed by atoms with Gasteiger partial charge >= 0.3 is 5.97 Å². The van der Waals surface area contributed by atoms with Crippen LogP contribution in [0.4, 0.5) is 0 Å². The zero-order valence-corrected chi connectivity index (χ0v) is 45.9. The molecule has 0 fully saturated rings. The van der Waals surface area contributed by atoms with Crippen LogP contribution in [0.25, 0.3) is 0 Å². The number of hydrogen-bond donors (Lipinski definition) is 3. The van der Waals surface area contributed by atoms with E-state index in [9.17, 15) is 19.8 Å². The number of aliphatic hydroxyl groups is 2. The van der Waals surface area contributed by atoms with Crippen LogP contribution in [0.3, 0.4) is 0 Å². The van der Waals surface area contributed by atoms with Gasteiger partial charge in [0.05, 0.1) is 25.4 Å². The van der Waals surface area contributed by atoms with Crippen molar-refractivity contribution in [2.45, 2.75) is 347 Å². The maximum Gasteiger partial charge on any atom is 0.305 e. The first-order chi connectivity index (χ1) is 33.5. The molecule has 6 nitrogen and oxygen atoms in total. The number of amides is 1. The van der Waals surface area contributed by atoms with Gasteiger partial charge in [0.15, 0.2) is 0 Å². The fourth-order valence-corrected chi connectivity index (χ4v) is 9.51. The summed E-state index contributed by atoms with van der Waals surface area (Å²) >= 11 is 0. The fraction of sp³-hybridized carbons (Fsp3) is 0.903. The Morgan fingerprint density at radius 1 is 0.397 bits per heavy atom. The summed E-state index contributed by atoms with van der Waals surface area (Å²) in [6.07, 6.45) is 70.6. The van der Waals surface area contributed by atoms with E-state index in [-0.39, 0.29) is 18.5 Å². The van der Waals surface area contributed by atoms with E-state index in [1.54, 1.807) is 6.08 Å². The van der Waals surface area contributed by atoms with Gasteiger partial charge in [0, 0.05) is 12.8 Å². The molecule has 2 atom stereocenters. The van der Waals surface area contributed by atoms with Gasteiger partial charge in [0.1, 0.15) is 0 Å². The van der Waals surface area contributed by atoms with Crippen molar-refractivity contribution in [3.8, 4) is 0 Å². The highest BCUT2D eigenvalue weighted by molar-refractivity contribution is 5.76. The molecule has 0 aliphatic carbocycles. The van der Waals surface area contributed by atoms with Gasteiger partial charge in [-0.2, -0.15) is 0 Å². The number of allylic oxidation sites excluding steroid dienone is 3. The van der Waals surface area contributed by atoms with E-state index in [0.717, 1.165) is 57.8 Å². The SMILES string of the molecule is CCCCCCCC/C=C\CCCCCCCCCC(=O)OCCCCCCCCCCCCCCCCC(=O)NC(CO)C(O)/C=C/CCCCCCCCCCCCCCCCCCCC. The summed E-state index contributed by atoms with van der Waals surface area (Å²) < 4.78 is 5.48. The number of hydrogen-bond acceptors (Lipinski definition) is 5. The van der Waals surface area contributed by atoms with Gasteiger partial charge in [-0.05, 0) is 57.8 Å². The van der Waals surface area contributed by atoms with Crippen LogP contribution in [0.1, 0.15) is 335 Å². The van der Waals surface area contributed by atoms with Crippen molar-refractivity contribution in [1.82, 2.24) is 5.32 Å². The summed E-state index contributed by atoms with van der Waals surface area (Å²) in [6, 6.07) is -0.637. The Bertz CT molecular complexity index is 1060. The highest BCUT2D eigenvalue weighted by atomic mass is 16.5. The van der Waals surface area contributed by atoms with Gasteiger partial charge in [-0.3, -0.25) is 9.59 Å². The van der Waals surface area contributed by atoms with E-state index in [0.29, 0.717) is 19.4 Å². The zero-order chi connectivity index (χ0) is 49.3. The molecule has 0 aliphatic heterocycles. The van der Waals surface area contributed by atoms with Crippen LogP contribution in [-0.4, -0.2) is 47.4 Å². The topological polar surface area (TPSA) is 95.9 Å². The lowest BCUT2D eigenvalue weighted by Crippen LogP contribution is -2.45. The first-order valence-corrected chi connectivity index (χ1v) is 30.6. The van der Waals surface area contributed by atoms with Crippen molar-refractivity contribution >= 4 is 11.9 Å². The van der Waals surface area contributed by atoms with Crippen molar-refractivity contribution in [1.29, 1.82) is 0 Å². The van der Waals surface area contributed by atoms with Crippen molar-refractivity contribution in [3.05, 3.63) is 24.3 Å². The molecule has 402 valence electrons. The number of nitrogens with one attached hydrogen (secondary N) is 1.